The molecule has 130 valence electrons. The van der Waals surface area contributed by atoms with Gasteiger partial charge in [-0.15, -0.1) is 0 Å². The number of unbranched alkanes of at least 4 members (excludes halogenated alkanes) is 1. The molecule has 0 aromatic carbocycles. The maximum atomic E-state index is 12.0. The van der Waals surface area contributed by atoms with Gasteiger partial charge in [0.1, 0.15) is 0 Å². The third kappa shape index (κ3) is 5.85. The minimum Gasteiger partial charge on any atom is -0.346 e. The van der Waals surface area contributed by atoms with E-state index in [1.807, 2.05) is 6.92 Å². The molecule has 0 aromatic heterocycles. The maximum Gasteiger partial charge on any atom is 0.223 e. The largest absolute Gasteiger partial charge is 0.346 e. The van der Waals surface area contributed by atoms with Crippen LogP contribution in [-0.2, 0) is 24.7 Å². The Morgan fingerprint density at radius 1 is 1.27 bits per heavy atom. The Morgan fingerprint density at radius 2 is 1.91 bits per heavy atom. The third-order valence-corrected chi connectivity index (χ3v) is 6.94. The first-order valence-electron chi connectivity index (χ1n) is 7.48. The number of carbonyl (C=O) groups excluding carboxylic acids is 1. The first-order chi connectivity index (χ1) is 10.1. The van der Waals surface area contributed by atoms with Gasteiger partial charge in [0, 0.05) is 32.6 Å². The Bertz CT molecular complexity index is 586. The van der Waals surface area contributed by atoms with E-state index in [2.05, 4.69) is 0 Å². The summed E-state index contributed by atoms with van der Waals surface area (Å²) in [4.78, 5) is 13.6. The van der Waals surface area contributed by atoms with Gasteiger partial charge in [0.15, 0.2) is 9.84 Å². The van der Waals surface area contributed by atoms with E-state index in [1.54, 1.807) is 11.9 Å². The average Bonchev–Trinajstić information content (AvgIpc) is 2.74. The highest BCUT2D eigenvalue weighted by molar-refractivity contribution is 7.92. The van der Waals surface area contributed by atoms with E-state index in [0.717, 1.165) is 19.1 Å². The summed E-state index contributed by atoms with van der Waals surface area (Å²) in [5.41, 5.74) is 0. The molecule has 9 heteroatoms. The van der Waals surface area contributed by atoms with E-state index in [0.29, 0.717) is 13.0 Å². The van der Waals surface area contributed by atoms with Crippen LogP contribution < -0.4 is 0 Å². The summed E-state index contributed by atoms with van der Waals surface area (Å²) in [7, 11) is -5.01. The van der Waals surface area contributed by atoms with E-state index in [1.165, 1.54) is 4.31 Å². The Hall–Kier alpha value is -0.670. The zero-order valence-electron chi connectivity index (χ0n) is 13.5. The first kappa shape index (κ1) is 19.4. The highest BCUT2D eigenvalue weighted by atomic mass is 32.2. The number of hydrogen-bond donors (Lipinski definition) is 0. The monoisotopic (exact) mass is 354 g/mol. The van der Waals surface area contributed by atoms with Gasteiger partial charge in [-0.2, -0.15) is 4.31 Å². The Labute approximate surface area is 133 Å². The quantitative estimate of drug-likeness (QED) is 0.616. The van der Waals surface area contributed by atoms with Crippen LogP contribution >= 0.6 is 0 Å². The van der Waals surface area contributed by atoms with Crippen molar-refractivity contribution in [3.63, 3.8) is 0 Å². The molecule has 0 N–H and O–H groups in total. The van der Waals surface area contributed by atoms with Gasteiger partial charge >= 0.3 is 0 Å². The molecule has 1 fully saturated rings. The summed E-state index contributed by atoms with van der Waals surface area (Å²) in [6.07, 6.45) is 3.31. The third-order valence-electron chi connectivity index (χ3n) is 3.86. The van der Waals surface area contributed by atoms with Crippen molar-refractivity contribution in [1.29, 1.82) is 0 Å². The van der Waals surface area contributed by atoms with Gasteiger partial charge < -0.3 is 4.90 Å². The molecule has 0 aliphatic carbocycles. The van der Waals surface area contributed by atoms with Crippen molar-refractivity contribution in [1.82, 2.24) is 9.21 Å². The fourth-order valence-electron chi connectivity index (χ4n) is 2.54. The molecule has 0 saturated carbocycles. The lowest BCUT2D eigenvalue weighted by Crippen LogP contribution is -2.42. The number of sulfonamides is 1. The van der Waals surface area contributed by atoms with Crippen LogP contribution in [0.5, 0.6) is 0 Å². The summed E-state index contributed by atoms with van der Waals surface area (Å²) >= 11 is 0. The molecule has 1 atom stereocenters. The molecule has 1 aliphatic heterocycles. The molecule has 1 saturated heterocycles. The van der Waals surface area contributed by atoms with Crippen molar-refractivity contribution in [3.05, 3.63) is 0 Å². The summed E-state index contributed by atoms with van der Waals surface area (Å²) in [6, 6.07) is -0.547. The van der Waals surface area contributed by atoms with E-state index < -0.39 is 25.9 Å². The fourth-order valence-corrected chi connectivity index (χ4v) is 5.51. The van der Waals surface area contributed by atoms with Crippen LogP contribution in [0.15, 0.2) is 0 Å². The van der Waals surface area contributed by atoms with Gasteiger partial charge in [-0.1, -0.05) is 13.3 Å². The van der Waals surface area contributed by atoms with E-state index in [9.17, 15) is 21.6 Å². The predicted molar refractivity (Wildman–Crippen MR) is 85.8 cm³/mol. The van der Waals surface area contributed by atoms with Gasteiger partial charge in [-0.25, -0.2) is 16.8 Å². The van der Waals surface area contributed by atoms with Crippen LogP contribution in [0, 0.1) is 0 Å². The van der Waals surface area contributed by atoms with Crippen LogP contribution in [0.3, 0.4) is 0 Å². The second kappa shape index (κ2) is 7.74. The Balaban J connectivity index is 2.66. The smallest absolute Gasteiger partial charge is 0.223 e. The van der Waals surface area contributed by atoms with Crippen molar-refractivity contribution in [3.8, 4) is 0 Å². The minimum absolute atomic E-state index is 0.00797. The Morgan fingerprint density at radius 3 is 2.36 bits per heavy atom. The van der Waals surface area contributed by atoms with Crippen molar-refractivity contribution in [2.75, 3.05) is 37.9 Å². The lowest BCUT2D eigenvalue weighted by atomic mass is 10.2. The lowest BCUT2D eigenvalue weighted by molar-refractivity contribution is -0.130. The van der Waals surface area contributed by atoms with Crippen molar-refractivity contribution >= 4 is 25.8 Å². The second-order valence-electron chi connectivity index (χ2n) is 5.85. The summed E-state index contributed by atoms with van der Waals surface area (Å²) in [5, 5.41) is 0. The Kier molecular flexibility index (Phi) is 6.82. The molecule has 22 heavy (non-hydrogen) atoms. The molecule has 1 unspecified atom stereocenters. The number of carbonyl (C=O) groups is 1. The molecule has 0 radical (unpaired) electrons. The highest BCUT2D eigenvalue weighted by Gasteiger charge is 2.36. The van der Waals surface area contributed by atoms with E-state index in [4.69, 9.17) is 0 Å². The minimum atomic E-state index is -3.54. The fraction of sp³-hybridized carbons (Fsp3) is 0.923. The predicted octanol–water partition coefficient (Wildman–Crippen LogP) is 0.0837. The number of amides is 1. The molecule has 1 aliphatic rings. The van der Waals surface area contributed by atoms with Gasteiger partial charge in [0.25, 0.3) is 0 Å². The standard InChI is InChI=1S/C13H26N2O5S2/c1-4-5-8-14(2)13(16)6-9-15(21(3,17)18)12-7-10-22(19,20)11-12/h12H,4-11H2,1-3H3. The zero-order chi connectivity index (χ0) is 17.0. The number of sulfone groups is 1. The van der Waals surface area contributed by atoms with Crippen LogP contribution in [0.25, 0.3) is 0 Å². The molecule has 0 spiro atoms. The lowest BCUT2D eigenvalue weighted by Gasteiger charge is -2.26. The maximum absolute atomic E-state index is 12.0. The summed E-state index contributed by atoms with van der Waals surface area (Å²) in [6.45, 7) is 2.71. The molecule has 1 amide bonds. The van der Waals surface area contributed by atoms with Crippen LogP contribution in [0.1, 0.15) is 32.6 Å². The van der Waals surface area contributed by atoms with Gasteiger partial charge in [0.05, 0.1) is 17.8 Å². The van der Waals surface area contributed by atoms with Crippen molar-refractivity contribution in [2.45, 2.75) is 38.6 Å². The normalized spacial score (nSPS) is 21.2. The van der Waals surface area contributed by atoms with Gasteiger partial charge in [-0.3, -0.25) is 4.79 Å². The van der Waals surface area contributed by atoms with E-state index >= 15 is 0 Å². The molecule has 7 nitrogen and oxygen atoms in total. The number of hydrogen-bond acceptors (Lipinski definition) is 5. The number of nitrogens with zero attached hydrogens (tertiary/aromatic N) is 2. The molecular formula is C13H26N2O5S2. The second-order valence-corrected chi connectivity index (χ2v) is 10.0. The molecule has 1 heterocycles. The summed E-state index contributed by atoms with van der Waals surface area (Å²) < 4.78 is 48.0. The van der Waals surface area contributed by atoms with Crippen molar-refractivity contribution in [2.24, 2.45) is 0 Å². The summed E-state index contributed by atoms with van der Waals surface area (Å²) in [5.74, 6) is -0.267. The SMILES string of the molecule is CCCCN(C)C(=O)CCN(C1CCS(=O)(=O)C1)S(C)(=O)=O. The van der Waals surface area contributed by atoms with Crippen molar-refractivity contribution < 1.29 is 21.6 Å². The van der Waals surface area contributed by atoms with Crippen LogP contribution in [-0.4, -0.2) is 75.9 Å². The van der Waals surface area contributed by atoms with Crippen LogP contribution in [0.2, 0.25) is 0 Å². The van der Waals surface area contributed by atoms with Gasteiger partial charge in [0.2, 0.25) is 15.9 Å². The molecular weight excluding hydrogens is 328 g/mol. The van der Waals surface area contributed by atoms with Gasteiger partial charge in [-0.05, 0) is 12.8 Å². The first-order valence-corrected chi connectivity index (χ1v) is 11.1. The highest BCUT2D eigenvalue weighted by Crippen LogP contribution is 2.20. The van der Waals surface area contributed by atoms with E-state index in [-0.39, 0.29) is 30.4 Å². The van der Waals surface area contributed by atoms with Crippen LogP contribution in [0.4, 0.5) is 0 Å². The zero-order valence-corrected chi connectivity index (χ0v) is 15.1. The molecule has 0 aromatic rings. The molecule has 1 rings (SSSR count). The topological polar surface area (TPSA) is 91.8 Å². The average molecular weight is 354 g/mol. The number of rotatable bonds is 8. The molecule has 0 bridgehead atoms.